The normalized spacial score (nSPS) is 25.1. The summed E-state index contributed by atoms with van der Waals surface area (Å²) in [5, 5.41) is 3.53. The standard InChI is InChI=1S/C16H25NO/c1-11-6-5-7-14(11)16(17-3)15-9-8-13(18-4)10-12(15)2/h8-11,14,16-17H,5-7H2,1-4H3. The van der Waals surface area contributed by atoms with Gasteiger partial charge in [0.2, 0.25) is 0 Å². The third-order valence-electron chi connectivity index (χ3n) is 4.48. The van der Waals surface area contributed by atoms with E-state index in [9.17, 15) is 0 Å². The summed E-state index contributed by atoms with van der Waals surface area (Å²) in [5.41, 5.74) is 2.75. The molecule has 2 rings (SSSR count). The van der Waals surface area contributed by atoms with Gasteiger partial charge in [-0.1, -0.05) is 25.8 Å². The molecule has 1 aliphatic carbocycles. The van der Waals surface area contributed by atoms with Crippen molar-refractivity contribution in [1.82, 2.24) is 5.32 Å². The van der Waals surface area contributed by atoms with Crippen molar-refractivity contribution in [3.8, 4) is 5.75 Å². The molecular weight excluding hydrogens is 222 g/mol. The van der Waals surface area contributed by atoms with Gasteiger partial charge in [-0.05, 0) is 55.5 Å². The lowest BCUT2D eigenvalue weighted by Crippen LogP contribution is -2.27. The highest BCUT2D eigenvalue weighted by Crippen LogP contribution is 2.41. The Morgan fingerprint density at radius 2 is 2.11 bits per heavy atom. The van der Waals surface area contributed by atoms with Crippen LogP contribution in [0.4, 0.5) is 0 Å². The summed E-state index contributed by atoms with van der Waals surface area (Å²) < 4.78 is 5.29. The van der Waals surface area contributed by atoms with Gasteiger partial charge >= 0.3 is 0 Å². The molecule has 0 bridgehead atoms. The fraction of sp³-hybridized carbons (Fsp3) is 0.625. The summed E-state index contributed by atoms with van der Waals surface area (Å²) >= 11 is 0. The van der Waals surface area contributed by atoms with Crippen molar-refractivity contribution in [3.63, 3.8) is 0 Å². The SMILES string of the molecule is CNC(c1ccc(OC)cc1C)C1CCCC1C. The van der Waals surface area contributed by atoms with Crippen molar-refractivity contribution in [1.29, 1.82) is 0 Å². The highest BCUT2D eigenvalue weighted by atomic mass is 16.5. The van der Waals surface area contributed by atoms with Gasteiger partial charge in [0.05, 0.1) is 7.11 Å². The molecule has 3 atom stereocenters. The molecule has 0 aromatic heterocycles. The Kier molecular flexibility index (Phi) is 4.28. The molecule has 18 heavy (non-hydrogen) atoms. The number of hydrogen-bond acceptors (Lipinski definition) is 2. The monoisotopic (exact) mass is 247 g/mol. The molecular formula is C16H25NO. The molecule has 1 aromatic carbocycles. The van der Waals surface area contributed by atoms with Crippen LogP contribution in [0.15, 0.2) is 18.2 Å². The number of methoxy groups -OCH3 is 1. The molecule has 2 nitrogen and oxygen atoms in total. The van der Waals surface area contributed by atoms with Crippen LogP contribution in [-0.2, 0) is 0 Å². The zero-order valence-electron chi connectivity index (χ0n) is 12.0. The topological polar surface area (TPSA) is 21.3 Å². The molecule has 1 aromatic rings. The van der Waals surface area contributed by atoms with E-state index in [1.54, 1.807) is 7.11 Å². The first-order chi connectivity index (χ1) is 8.67. The minimum Gasteiger partial charge on any atom is -0.497 e. The predicted octanol–water partition coefficient (Wildman–Crippen LogP) is 3.70. The summed E-state index contributed by atoms with van der Waals surface area (Å²) in [6.07, 6.45) is 4.09. The van der Waals surface area contributed by atoms with Crippen molar-refractivity contribution in [3.05, 3.63) is 29.3 Å². The Bertz CT molecular complexity index is 402. The third kappa shape index (κ3) is 2.54. The third-order valence-corrected chi connectivity index (χ3v) is 4.48. The molecule has 3 unspecified atom stereocenters. The van der Waals surface area contributed by atoms with Crippen LogP contribution in [0.3, 0.4) is 0 Å². The molecule has 1 N–H and O–H groups in total. The first kappa shape index (κ1) is 13.4. The molecule has 1 saturated carbocycles. The van der Waals surface area contributed by atoms with Crippen LogP contribution in [0.1, 0.15) is 43.4 Å². The van der Waals surface area contributed by atoms with Crippen LogP contribution in [0.5, 0.6) is 5.75 Å². The summed E-state index contributed by atoms with van der Waals surface area (Å²) in [6, 6.07) is 6.92. The van der Waals surface area contributed by atoms with E-state index in [2.05, 4.69) is 44.4 Å². The van der Waals surface area contributed by atoms with Crippen molar-refractivity contribution in [2.24, 2.45) is 11.8 Å². The Morgan fingerprint density at radius 3 is 2.61 bits per heavy atom. The van der Waals surface area contributed by atoms with Gasteiger partial charge in [-0.2, -0.15) is 0 Å². The zero-order valence-corrected chi connectivity index (χ0v) is 12.0. The second kappa shape index (κ2) is 5.75. The summed E-state index contributed by atoms with van der Waals surface area (Å²) in [5.74, 6) is 2.54. The molecule has 0 heterocycles. The highest BCUT2D eigenvalue weighted by molar-refractivity contribution is 5.37. The minimum absolute atomic E-state index is 0.480. The maximum absolute atomic E-state index is 5.29. The molecule has 0 aliphatic heterocycles. The quantitative estimate of drug-likeness (QED) is 0.876. The summed E-state index contributed by atoms with van der Waals surface area (Å²) in [7, 11) is 3.81. The molecule has 2 heteroatoms. The number of aryl methyl sites for hydroxylation is 1. The second-order valence-electron chi connectivity index (χ2n) is 5.56. The van der Waals surface area contributed by atoms with Crippen LogP contribution >= 0.6 is 0 Å². The number of hydrogen-bond donors (Lipinski definition) is 1. The summed E-state index contributed by atoms with van der Waals surface area (Å²) in [4.78, 5) is 0. The lowest BCUT2D eigenvalue weighted by Gasteiger charge is -2.28. The largest absolute Gasteiger partial charge is 0.497 e. The van der Waals surface area contributed by atoms with Crippen LogP contribution in [-0.4, -0.2) is 14.2 Å². The van der Waals surface area contributed by atoms with Crippen molar-refractivity contribution < 1.29 is 4.74 Å². The van der Waals surface area contributed by atoms with Crippen molar-refractivity contribution >= 4 is 0 Å². The first-order valence-electron chi connectivity index (χ1n) is 6.99. The van der Waals surface area contributed by atoms with E-state index in [1.165, 1.54) is 30.4 Å². The van der Waals surface area contributed by atoms with Crippen LogP contribution in [0.25, 0.3) is 0 Å². The minimum atomic E-state index is 0.480. The Hall–Kier alpha value is -1.02. The van der Waals surface area contributed by atoms with E-state index in [-0.39, 0.29) is 0 Å². The molecule has 0 saturated heterocycles. The molecule has 0 amide bonds. The van der Waals surface area contributed by atoms with E-state index in [1.807, 2.05) is 0 Å². The fourth-order valence-electron chi connectivity index (χ4n) is 3.39. The van der Waals surface area contributed by atoms with Gasteiger partial charge in [-0.15, -0.1) is 0 Å². The zero-order chi connectivity index (χ0) is 13.1. The maximum Gasteiger partial charge on any atom is 0.119 e. The first-order valence-corrected chi connectivity index (χ1v) is 6.99. The van der Waals surface area contributed by atoms with Crippen LogP contribution < -0.4 is 10.1 Å². The number of benzene rings is 1. The van der Waals surface area contributed by atoms with Gasteiger partial charge in [-0.25, -0.2) is 0 Å². The molecule has 100 valence electrons. The second-order valence-corrected chi connectivity index (χ2v) is 5.56. The molecule has 0 radical (unpaired) electrons. The van der Waals surface area contributed by atoms with Crippen LogP contribution in [0, 0.1) is 18.8 Å². The van der Waals surface area contributed by atoms with E-state index >= 15 is 0 Å². The number of ether oxygens (including phenoxy) is 1. The van der Waals surface area contributed by atoms with Gasteiger partial charge in [0, 0.05) is 6.04 Å². The average molecular weight is 247 g/mol. The Labute approximate surface area is 111 Å². The summed E-state index contributed by atoms with van der Waals surface area (Å²) in [6.45, 7) is 4.57. The lowest BCUT2D eigenvalue weighted by molar-refractivity contribution is 0.314. The van der Waals surface area contributed by atoms with Crippen molar-refractivity contribution in [2.75, 3.05) is 14.2 Å². The van der Waals surface area contributed by atoms with Gasteiger partial charge in [-0.3, -0.25) is 0 Å². The molecule has 0 spiro atoms. The lowest BCUT2D eigenvalue weighted by atomic mass is 9.84. The maximum atomic E-state index is 5.29. The van der Waals surface area contributed by atoms with E-state index in [0.717, 1.165) is 17.6 Å². The Balaban J connectivity index is 2.27. The van der Waals surface area contributed by atoms with Gasteiger partial charge in [0.25, 0.3) is 0 Å². The van der Waals surface area contributed by atoms with Gasteiger partial charge < -0.3 is 10.1 Å². The van der Waals surface area contributed by atoms with E-state index in [4.69, 9.17) is 4.74 Å². The highest BCUT2D eigenvalue weighted by Gasteiger charge is 2.31. The predicted molar refractivity (Wildman–Crippen MR) is 76.0 cm³/mol. The average Bonchev–Trinajstić information content (AvgIpc) is 2.78. The molecule has 1 aliphatic rings. The number of nitrogens with one attached hydrogen (secondary N) is 1. The van der Waals surface area contributed by atoms with Gasteiger partial charge in [0.15, 0.2) is 0 Å². The van der Waals surface area contributed by atoms with Crippen molar-refractivity contribution in [2.45, 2.75) is 39.2 Å². The van der Waals surface area contributed by atoms with E-state index < -0.39 is 0 Å². The number of rotatable bonds is 4. The molecule has 1 fully saturated rings. The van der Waals surface area contributed by atoms with Gasteiger partial charge in [0.1, 0.15) is 5.75 Å². The Morgan fingerprint density at radius 1 is 1.33 bits per heavy atom. The smallest absolute Gasteiger partial charge is 0.119 e. The fourth-order valence-corrected chi connectivity index (χ4v) is 3.39. The van der Waals surface area contributed by atoms with E-state index in [0.29, 0.717) is 6.04 Å². The van der Waals surface area contributed by atoms with Crippen LogP contribution in [0.2, 0.25) is 0 Å².